The summed E-state index contributed by atoms with van der Waals surface area (Å²) in [7, 11) is 0. The van der Waals surface area contributed by atoms with Crippen LogP contribution in [0.1, 0.15) is 31.0 Å². The van der Waals surface area contributed by atoms with Crippen molar-refractivity contribution in [3.05, 3.63) is 77.7 Å². The van der Waals surface area contributed by atoms with E-state index >= 15 is 0 Å². The van der Waals surface area contributed by atoms with Gasteiger partial charge in [-0.1, -0.05) is 25.4 Å². The second-order valence-electron chi connectivity index (χ2n) is 6.25. The quantitative estimate of drug-likeness (QED) is 0.668. The molecule has 3 rings (SSSR count). The van der Waals surface area contributed by atoms with Crippen molar-refractivity contribution in [3.8, 4) is 23.3 Å². The summed E-state index contributed by atoms with van der Waals surface area (Å²) in [4.78, 5) is 39.6. The van der Waals surface area contributed by atoms with E-state index in [0.29, 0.717) is 10.2 Å². The summed E-state index contributed by atoms with van der Waals surface area (Å²) >= 11 is 6.11. The van der Waals surface area contributed by atoms with E-state index in [0.717, 1.165) is 6.07 Å². The lowest BCUT2D eigenvalue weighted by Crippen LogP contribution is -2.33. The van der Waals surface area contributed by atoms with Crippen LogP contribution in [0.3, 0.4) is 0 Å². The zero-order valence-corrected chi connectivity index (χ0v) is 15.9. The predicted octanol–water partition coefficient (Wildman–Crippen LogP) is 2.19. The summed E-state index contributed by atoms with van der Waals surface area (Å²) in [6, 6.07) is 5.09. The number of aromatic nitrogens is 4. The number of aromatic amines is 2. The molecule has 2 N–H and O–H groups in total. The molecule has 0 radical (unpaired) electrons. The van der Waals surface area contributed by atoms with Crippen molar-refractivity contribution < 1.29 is 9.13 Å². The molecule has 1 aromatic carbocycles. The van der Waals surface area contributed by atoms with Crippen molar-refractivity contribution in [2.75, 3.05) is 0 Å². The van der Waals surface area contributed by atoms with Gasteiger partial charge in [0.05, 0.1) is 10.7 Å². The first-order valence-corrected chi connectivity index (χ1v) is 8.62. The average Bonchev–Trinajstić information content (AvgIpc) is 2.65. The maximum absolute atomic E-state index is 14.7. The molecule has 0 unspecified atom stereocenters. The van der Waals surface area contributed by atoms with Crippen LogP contribution in [0, 0.1) is 17.1 Å². The van der Waals surface area contributed by atoms with Gasteiger partial charge < -0.3 is 9.72 Å². The third-order valence-electron chi connectivity index (χ3n) is 3.91. The van der Waals surface area contributed by atoms with E-state index in [1.807, 2.05) is 18.8 Å². The predicted molar refractivity (Wildman–Crippen MR) is 101 cm³/mol. The maximum atomic E-state index is 14.7. The van der Waals surface area contributed by atoms with E-state index in [1.165, 1.54) is 24.4 Å². The smallest absolute Gasteiger partial charge is 0.349 e. The summed E-state index contributed by atoms with van der Waals surface area (Å²) in [5, 5.41) is 12.3. The minimum Gasteiger partial charge on any atom is -0.451 e. The molecule has 2 aromatic heterocycles. The van der Waals surface area contributed by atoms with E-state index in [4.69, 9.17) is 21.6 Å². The van der Waals surface area contributed by atoms with Crippen LogP contribution in [0.15, 0.2) is 38.8 Å². The number of H-pyrrole nitrogens is 2. The number of hydrogen-bond acceptors (Lipinski definition) is 6. The number of nitrogens with one attached hydrogen (secondary N) is 2. The second-order valence-corrected chi connectivity index (χ2v) is 6.65. The molecule has 2 heterocycles. The van der Waals surface area contributed by atoms with Gasteiger partial charge in [-0.25, -0.2) is 9.18 Å². The molecule has 0 fully saturated rings. The molecule has 0 aliphatic carbocycles. The summed E-state index contributed by atoms with van der Waals surface area (Å²) < 4.78 is 20.8. The van der Waals surface area contributed by atoms with E-state index < -0.39 is 22.8 Å². The van der Waals surface area contributed by atoms with E-state index in [-0.39, 0.29) is 33.7 Å². The second kappa shape index (κ2) is 7.73. The fourth-order valence-electron chi connectivity index (χ4n) is 2.50. The Morgan fingerprint density at radius 3 is 2.59 bits per heavy atom. The summed E-state index contributed by atoms with van der Waals surface area (Å²) in [6.07, 6.45) is 1.27. The number of ether oxygens (including phenoxy) is 1. The molecule has 0 spiro atoms. The number of benzene rings is 1. The highest BCUT2D eigenvalue weighted by molar-refractivity contribution is 6.32. The van der Waals surface area contributed by atoms with Crippen LogP contribution in [0.5, 0.6) is 11.5 Å². The fraction of sp³-hybridized carbons (Fsp3) is 0.167. The normalized spacial score (nSPS) is 10.8. The lowest BCUT2D eigenvalue weighted by Gasteiger charge is -2.12. The first-order valence-electron chi connectivity index (χ1n) is 8.25. The Bertz CT molecular complexity index is 1300. The lowest BCUT2D eigenvalue weighted by molar-refractivity contribution is 0.439. The van der Waals surface area contributed by atoms with Crippen molar-refractivity contribution in [1.29, 1.82) is 5.26 Å². The van der Waals surface area contributed by atoms with E-state index in [1.54, 1.807) is 0 Å². The Morgan fingerprint density at radius 2 is 1.97 bits per heavy atom. The molecule has 148 valence electrons. The number of hydrogen-bond donors (Lipinski definition) is 2. The molecule has 3 aromatic rings. The van der Waals surface area contributed by atoms with Gasteiger partial charge >= 0.3 is 5.69 Å². The Labute approximate surface area is 167 Å². The zero-order chi connectivity index (χ0) is 21.3. The Morgan fingerprint density at radius 1 is 1.24 bits per heavy atom. The van der Waals surface area contributed by atoms with Crippen LogP contribution in [-0.4, -0.2) is 19.7 Å². The summed E-state index contributed by atoms with van der Waals surface area (Å²) in [6.45, 7) is 3.64. The van der Waals surface area contributed by atoms with Crippen LogP contribution in [-0.2, 0) is 0 Å². The summed E-state index contributed by atoms with van der Waals surface area (Å²) in [5.74, 6) is -1.19. The van der Waals surface area contributed by atoms with Crippen LogP contribution in [0.4, 0.5) is 4.39 Å². The van der Waals surface area contributed by atoms with Gasteiger partial charge in [0.25, 0.3) is 11.1 Å². The van der Waals surface area contributed by atoms with Gasteiger partial charge in [-0.3, -0.25) is 14.6 Å². The highest BCUT2D eigenvalue weighted by Gasteiger charge is 2.17. The van der Waals surface area contributed by atoms with Gasteiger partial charge in [0.1, 0.15) is 11.8 Å². The monoisotopic (exact) mass is 417 g/mol. The van der Waals surface area contributed by atoms with Crippen molar-refractivity contribution in [2.45, 2.75) is 19.8 Å². The van der Waals surface area contributed by atoms with Gasteiger partial charge in [-0.05, 0) is 18.1 Å². The molecule has 9 nitrogen and oxygen atoms in total. The summed E-state index contributed by atoms with van der Waals surface area (Å²) in [5.41, 5.74) is -2.47. The SMILES string of the molecule is CC(C)c1cc(Oc2c(F)cc(-n3nc(C#N)c(=O)[nH]c3=O)cc2Cl)c[nH]c1=O. The molecule has 0 aliphatic heterocycles. The highest BCUT2D eigenvalue weighted by atomic mass is 35.5. The van der Waals surface area contributed by atoms with Gasteiger partial charge in [-0.15, -0.1) is 5.10 Å². The maximum Gasteiger partial charge on any atom is 0.349 e. The first-order chi connectivity index (χ1) is 13.7. The molecule has 0 atom stereocenters. The number of nitriles is 1. The number of halogens is 2. The standard InChI is InChI=1S/C18H13ClFN5O4/c1-8(2)11-5-10(7-22-16(11)26)29-15-12(19)3-9(4-13(15)20)25-18(28)23-17(27)14(6-21)24-25/h3-5,7-8H,1-2H3,(H,22,26)(H,23,27,28). The van der Waals surface area contributed by atoms with Crippen molar-refractivity contribution in [1.82, 2.24) is 19.7 Å². The molecule has 11 heteroatoms. The van der Waals surface area contributed by atoms with Crippen molar-refractivity contribution in [2.24, 2.45) is 0 Å². The topological polar surface area (TPSA) is 134 Å². The third-order valence-corrected chi connectivity index (χ3v) is 4.19. The fourth-order valence-corrected chi connectivity index (χ4v) is 2.74. The van der Waals surface area contributed by atoms with Crippen LogP contribution >= 0.6 is 11.6 Å². The van der Waals surface area contributed by atoms with Gasteiger partial charge in [-0.2, -0.15) is 9.94 Å². The largest absolute Gasteiger partial charge is 0.451 e. The van der Waals surface area contributed by atoms with Crippen molar-refractivity contribution in [3.63, 3.8) is 0 Å². The minimum atomic E-state index is -0.972. The molecule has 0 saturated heterocycles. The molecule has 0 aliphatic rings. The number of pyridine rings is 1. The molecule has 0 amide bonds. The number of nitrogens with zero attached hydrogens (tertiary/aromatic N) is 3. The van der Waals surface area contributed by atoms with Gasteiger partial charge in [0.15, 0.2) is 11.6 Å². The van der Waals surface area contributed by atoms with Gasteiger partial charge in [0.2, 0.25) is 5.69 Å². The average molecular weight is 418 g/mol. The molecule has 29 heavy (non-hydrogen) atoms. The van der Waals surface area contributed by atoms with Crippen LogP contribution < -0.4 is 21.5 Å². The molecule has 0 bridgehead atoms. The van der Waals surface area contributed by atoms with Crippen LogP contribution in [0.25, 0.3) is 5.69 Å². The molecule has 0 saturated carbocycles. The lowest BCUT2D eigenvalue weighted by atomic mass is 10.1. The van der Waals surface area contributed by atoms with E-state index in [2.05, 4.69) is 10.1 Å². The molecular formula is C18H13ClFN5O4. The highest BCUT2D eigenvalue weighted by Crippen LogP contribution is 2.34. The third kappa shape index (κ3) is 3.95. The molecular weight excluding hydrogens is 405 g/mol. The minimum absolute atomic E-state index is 0.0856. The van der Waals surface area contributed by atoms with Crippen molar-refractivity contribution >= 4 is 11.6 Å². The van der Waals surface area contributed by atoms with Crippen LogP contribution in [0.2, 0.25) is 5.02 Å². The Kier molecular flexibility index (Phi) is 5.34. The zero-order valence-electron chi connectivity index (χ0n) is 15.1. The number of rotatable bonds is 4. The van der Waals surface area contributed by atoms with E-state index in [9.17, 15) is 18.8 Å². The Hall–Kier alpha value is -3.71. The van der Waals surface area contributed by atoms with Gasteiger partial charge in [0, 0.05) is 17.8 Å². The Balaban J connectivity index is 2.05. The first kappa shape index (κ1) is 20.0.